The topological polar surface area (TPSA) is 53.0 Å². The van der Waals surface area contributed by atoms with Crippen molar-refractivity contribution in [2.45, 2.75) is 38.8 Å². The summed E-state index contributed by atoms with van der Waals surface area (Å²) in [5, 5.41) is 8.79. The molecule has 1 aliphatic rings. The summed E-state index contributed by atoms with van der Waals surface area (Å²) in [6.07, 6.45) is 2.39. The second-order valence-corrected chi connectivity index (χ2v) is 4.06. The van der Waals surface area contributed by atoms with Gasteiger partial charge in [-0.3, -0.25) is 4.90 Å². The lowest BCUT2D eigenvalue weighted by Crippen LogP contribution is -2.45. The van der Waals surface area contributed by atoms with Gasteiger partial charge >= 0.3 is 0 Å². The van der Waals surface area contributed by atoms with Gasteiger partial charge in [0, 0.05) is 12.6 Å². The Labute approximate surface area is 80.5 Å². The minimum Gasteiger partial charge on any atom is -0.328 e. The zero-order valence-corrected chi connectivity index (χ0v) is 8.53. The van der Waals surface area contributed by atoms with Crippen molar-refractivity contribution in [2.75, 3.05) is 13.1 Å². The van der Waals surface area contributed by atoms with Gasteiger partial charge in [-0.05, 0) is 39.2 Å². The molecule has 74 valence electrons. The molecule has 0 spiro atoms. The van der Waals surface area contributed by atoms with Gasteiger partial charge in [0.05, 0.1) is 12.1 Å². The second kappa shape index (κ2) is 4.59. The molecular weight excluding hydrogens is 162 g/mol. The van der Waals surface area contributed by atoms with Crippen LogP contribution in [0.5, 0.6) is 0 Å². The van der Waals surface area contributed by atoms with Crippen molar-refractivity contribution < 1.29 is 0 Å². The first-order valence-electron chi connectivity index (χ1n) is 5.04. The van der Waals surface area contributed by atoms with Crippen molar-refractivity contribution in [3.63, 3.8) is 0 Å². The second-order valence-electron chi connectivity index (χ2n) is 4.06. The van der Waals surface area contributed by atoms with E-state index in [9.17, 15) is 0 Å². The number of hydrogen-bond acceptors (Lipinski definition) is 3. The monoisotopic (exact) mass is 181 g/mol. The van der Waals surface area contributed by atoms with Crippen LogP contribution in [0.25, 0.3) is 0 Å². The number of piperidine rings is 1. The molecule has 0 aliphatic carbocycles. The maximum absolute atomic E-state index is 8.79. The number of likely N-dealkylation sites (tertiary alicyclic amines) is 1. The quantitative estimate of drug-likeness (QED) is 0.690. The number of nitriles is 1. The Morgan fingerprint density at radius 2 is 2.23 bits per heavy atom. The third-order valence-electron chi connectivity index (χ3n) is 2.97. The minimum atomic E-state index is 0.0431. The Kier molecular flexibility index (Phi) is 3.71. The van der Waals surface area contributed by atoms with E-state index in [0.717, 1.165) is 13.1 Å². The van der Waals surface area contributed by atoms with Crippen molar-refractivity contribution in [1.82, 2.24) is 4.90 Å². The van der Waals surface area contributed by atoms with Crippen LogP contribution in [0.4, 0.5) is 0 Å². The molecule has 13 heavy (non-hydrogen) atoms. The molecule has 1 heterocycles. The molecule has 1 saturated heterocycles. The SMILES string of the molecule is CC(N)C1CCCN(C(C)C#N)C1. The fourth-order valence-corrected chi connectivity index (χ4v) is 1.90. The van der Waals surface area contributed by atoms with Crippen molar-refractivity contribution in [2.24, 2.45) is 11.7 Å². The molecule has 1 rings (SSSR count). The molecular formula is C10H19N3. The molecule has 0 aromatic rings. The average Bonchev–Trinajstić information content (AvgIpc) is 2.17. The molecule has 0 amide bonds. The van der Waals surface area contributed by atoms with E-state index in [0.29, 0.717) is 5.92 Å². The normalized spacial score (nSPS) is 29.2. The summed E-state index contributed by atoms with van der Waals surface area (Å²) in [6, 6.07) is 2.58. The van der Waals surface area contributed by atoms with Crippen LogP contribution in [0.1, 0.15) is 26.7 Å². The van der Waals surface area contributed by atoms with Gasteiger partial charge in [-0.2, -0.15) is 5.26 Å². The summed E-state index contributed by atoms with van der Waals surface area (Å²) in [6.45, 7) is 6.07. The lowest BCUT2D eigenvalue weighted by atomic mass is 9.91. The third kappa shape index (κ3) is 2.68. The standard InChI is InChI=1S/C10H19N3/c1-8(6-11)13-5-3-4-10(7-13)9(2)12/h8-10H,3-5,7,12H2,1-2H3. The van der Waals surface area contributed by atoms with Crippen molar-refractivity contribution in [1.29, 1.82) is 5.26 Å². The highest BCUT2D eigenvalue weighted by Crippen LogP contribution is 2.20. The molecule has 1 fully saturated rings. The summed E-state index contributed by atoms with van der Waals surface area (Å²) in [5.41, 5.74) is 5.86. The largest absolute Gasteiger partial charge is 0.328 e. The van der Waals surface area contributed by atoms with Crippen LogP contribution in [0.3, 0.4) is 0 Å². The highest BCUT2D eigenvalue weighted by atomic mass is 15.2. The first-order chi connectivity index (χ1) is 6.15. The molecule has 0 bridgehead atoms. The van der Waals surface area contributed by atoms with Crippen LogP contribution in [0.15, 0.2) is 0 Å². The maximum atomic E-state index is 8.79. The molecule has 0 aromatic carbocycles. The molecule has 1 aliphatic heterocycles. The molecule has 2 N–H and O–H groups in total. The van der Waals surface area contributed by atoms with Gasteiger partial charge in [0.15, 0.2) is 0 Å². The van der Waals surface area contributed by atoms with Crippen LogP contribution in [-0.2, 0) is 0 Å². The van der Waals surface area contributed by atoms with E-state index < -0.39 is 0 Å². The number of nitrogens with two attached hydrogens (primary N) is 1. The minimum absolute atomic E-state index is 0.0431. The van der Waals surface area contributed by atoms with Gasteiger partial charge in [-0.25, -0.2) is 0 Å². The Morgan fingerprint density at radius 3 is 2.77 bits per heavy atom. The Balaban J connectivity index is 2.47. The van der Waals surface area contributed by atoms with Crippen LogP contribution in [-0.4, -0.2) is 30.1 Å². The molecule has 0 aromatic heterocycles. The van der Waals surface area contributed by atoms with Crippen molar-refractivity contribution >= 4 is 0 Å². The van der Waals surface area contributed by atoms with Gasteiger partial charge in [-0.15, -0.1) is 0 Å². The molecule has 3 unspecified atom stereocenters. The number of nitrogens with zero attached hydrogens (tertiary/aromatic N) is 2. The van der Waals surface area contributed by atoms with Crippen LogP contribution in [0.2, 0.25) is 0 Å². The lowest BCUT2D eigenvalue weighted by molar-refractivity contribution is 0.143. The first kappa shape index (κ1) is 10.5. The first-order valence-corrected chi connectivity index (χ1v) is 5.04. The molecule has 3 atom stereocenters. The van der Waals surface area contributed by atoms with E-state index >= 15 is 0 Å². The van der Waals surface area contributed by atoms with E-state index in [1.807, 2.05) is 6.92 Å². The summed E-state index contributed by atoms with van der Waals surface area (Å²) in [7, 11) is 0. The van der Waals surface area contributed by atoms with E-state index in [4.69, 9.17) is 11.0 Å². The number of rotatable bonds is 2. The van der Waals surface area contributed by atoms with E-state index in [1.54, 1.807) is 0 Å². The molecule has 3 nitrogen and oxygen atoms in total. The summed E-state index contributed by atoms with van der Waals surface area (Å²) in [4.78, 5) is 2.23. The molecule has 0 radical (unpaired) electrons. The lowest BCUT2D eigenvalue weighted by Gasteiger charge is -2.35. The van der Waals surface area contributed by atoms with Gasteiger partial charge in [0.2, 0.25) is 0 Å². The molecule has 3 heteroatoms. The molecule has 0 saturated carbocycles. The van der Waals surface area contributed by atoms with E-state index in [2.05, 4.69) is 17.9 Å². The average molecular weight is 181 g/mol. The third-order valence-corrected chi connectivity index (χ3v) is 2.97. The number of hydrogen-bond donors (Lipinski definition) is 1. The predicted molar refractivity (Wildman–Crippen MR) is 53.0 cm³/mol. The van der Waals surface area contributed by atoms with E-state index in [1.165, 1.54) is 12.8 Å². The van der Waals surface area contributed by atoms with Gasteiger partial charge in [0.1, 0.15) is 0 Å². The highest BCUT2D eigenvalue weighted by molar-refractivity contribution is 4.91. The van der Waals surface area contributed by atoms with Gasteiger partial charge < -0.3 is 5.73 Å². The summed E-state index contributed by atoms with van der Waals surface area (Å²) in [5.74, 6) is 0.574. The summed E-state index contributed by atoms with van der Waals surface area (Å²) >= 11 is 0. The van der Waals surface area contributed by atoms with Crippen LogP contribution in [0, 0.1) is 17.2 Å². The smallest absolute Gasteiger partial charge is 0.0949 e. The van der Waals surface area contributed by atoms with E-state index in [-0.39, 0.29) is 12.1 Å². The van der Waals surface area contributed by atoms with Crippen LogP contribution >= 0.6 is 0 Å². The Hall–Kier alpha value is -0.590. The highest BCUT2D eigenvalue weighted by Gasteiger charge is 2.25. The maximum Gasteiger partial charge on any atom is 0.0949 e. The zero-order valence-electron chi connectivity index (χ0n) is 8.53. The van der Waals surface area contributed by atoms with Crippen molar-refractivity contribution in [3.05, 3.63) is 0 Å². The van der Waals surface area contributed by atoms with Crippen molar-refractivity contribution in [3.8, 4) is 6.07 Å². The van der Waals surface area contributed by atoms with Crippen LogP contribution < -0.4 is 5.73 Å². The van der Waals surface area contributed by atoms with Gasteiger partial charge in [-0.1, -0.05) is 0 Å². The fraction of sp³-hybridized carbons (Fsp3) is 0.900. The fourth-order valence-electron chi connectivity index (χ4n) is 1.90. The summed E-state index contributed by atoms with van der Waals surface area (Å²) < 4.78 is 0. The van der Waals surface area contributed by atoms with Gasteiger partial charge in [0.25, 0.3) is 0 Å². The zero-order chi connectivity index (χ0) is 9.84. The Bertz CT molecular complexity index is 195. The predicted octanol–water partition coefficient (Wildman–Crippen LogP) is 0.958. The Morgan fingerprint density at radius 1 is 1.54 bits per heavy atom.